The molecule has 186 valence electrons. The molecular formula is C25H30N4O6. The fraction of sp³-hybridized carbons (Fsp3) is 0.440. The zero-order valence-electron chi connectivity index (χ0n) is 19.6. The van der Waals surface area contributed by atoms with Crippen molar-refractivity contribution in [3.05, 3.63) is 69.3 Å². The summed E-state index contributed by atoms with van der Waals surface area (Å²) in [7, 11) is 0. The highest BCUT2D eigenvalue weighted by molar-refractivity contribution is 5.97. The van der Waals surface area contributed by atoms with Gasteiger partial charge in [-0.1, -0.05) is 24.3 Å². The van der Waals surface area contributed by atoms with Gasteiger partial charge >= 0.3 is 5.97 Å². The minimum absolute atomic E-state index is 0.102. The molecule has 1 amide bonds. The van der Waals surface area contributed by atoms with Crippen LogP contribution in [0.25, 0.3) is 0 Å². The molecule has 2 saturated heterocycles. The fourth-order valence-electron chi connectivity index (χ4n) is 4.37. The number of amides is 1. The third-order valence-electron chi connectivity index (χ3n) is 6.28. The molecule has 2 aliphatic rings. The number of ether oxygens (including phenoxy) is 2. The molecule has 35 heavy (non-hydrogen) atoms. The van der Waals surface area contributed by atoms with Gasteiger partial charge in [-0.2, -0.15) is 0 Å². The summed E-state index contributed by atoms with van der Waals surface area (Å²) in [6, 6.07) is 12.1. The lowest BCUT2D eigenvalue weighted by atomic mass is 10.1. The van der Waals surface area contributed by atoms with E-state index in [-0.39, 0.29) is 11.3 Å². The molecule has 0 aliphatic carbocycles. The Bertz CT molecular complexity index is 1060. The zero-order valence-corrected chi connectivity index (χ0v) is 19.6. The number of nitro groups is 1. The van der Waals surface area contributed by atoms with E-state index in [1.807, 2.05) is 29.2 Å². The van der Waals surface area contributed by atoms with Crippen molar-refractivity contribution in [2.75, 3.05) is 50.9 Å². The Morgan fingerprint density at radius 1 is 1.03 bits per heavy atom. The van der Waals surface area contributed by atoms with Crippen molar-refractivity contribution in [1.82, 2.24) is 10.2 Å². The number of non-ortho nitro benzene ring substituents is 1. The Kier molecular flexibility index (Phi) is 8.27. The second-order valence-electron chi connectivity index (χ2n) is 8.66. The number of morpholine rings is 1. The smallest absolute Gasteiger partial charge is 0.341 e. The Balaban J connectivity index is 1.34. The van der Waals surface area contributed by atoms with E-state index < -0.39 is 23.4 Å². The average Bonchev–Trinajstić information content (AvgIpc) is 3.42. The van der Waals surface area contributed by atoms with E-state index in [2.05, 4.69) is 10.2 Å². The maximum atomic E-state index is 12.8. The van der Waals surface area contributed by atoms with Crippen LogP contribution in [0.2, 0.25) is 0 Å². The molecular weight excluding hydrogens is 452 g/mol. The first-order valence-corrected chi connectivity index (χ1v) is 11.9. The van der Waals surface area contributed by atoms with Crippen molar-refractivity contribution in [1.29, 1.82) is 0 Å². The molecule has 0 saturated carbocycles. The van der Waals surface area contributed by atoms with Gasteiger partial charge in [0.1, 0.15) is 0 Å². The topological polar surface area (TPSA) is 114 Å². The number of carbonyl (C=O) groups excluding carboxylic acids is 2. The minimum Gasteiger partial charge on any atom is -0.452 e. The lowest BCUT2D eigenvalue weighted by molar-refractivity contribution is -0.384. The second kappa shape index (κ2) is 11.8. The summed E-state index contributed by atoms with van der Waals surface area (Å²) < 4.78 is 10.6. The van der Waals surface area contributed by atoms with Crippen LogP contribution in [0.1, 0.15) is 34.3 Å². The van der Waals surface area contributed by atoms with Crippen molar-refractivity contribution >= 4 is 23.3 Å². The van der Waals surface area contributed by atoms with E-state index in [1.54, 1.807) is 6.07 Å². The minimum atomic E-state index is -0.751. The van der Waals surface area contributed by atoms with Gasteiger partial charge in [0.15, 0.2) is 6.61 Å². The molecule has 0 unspecified atom stereocenters. The number of anilines is 1. The fourth-order valence-corrected chi connectivity index (χ4v) is 4.37. The second-order valence-corrected chi connectivity index (χ2v) is 8.66. The van der Waals surface area contributed by atoms with Crippen molar-refractivity contribution in [3.63, 3.8) is 0 Å². The molecule has 2 aliphatic heterocycles. The summed E-state index contributed by atoms with van der Waals surface area (Å²) in [4.78, 5) is 40.2. The quantitative estimate of drug-likeness (QED) is 0.329. The van der Waals surface area contributed by atoms with Crippen molar-refractivity contribution in [2.24, 2.45) is 0 Å². The molecule has 10 heteroatoms. The molecule has 2 aromatic rings. The average molecular weight is 483 g/mol. The van der Waals surface area contributed by atoms with Gasteiger partial charge in [-0.25, -0.2) is 4.79 Å². The van der Waals surface area contributed by atoms with Gasteiger partial charge in [-0.3, -0.25) is 19.8 Å². The predicted molar refractivity (Wildman–Crippen MR) is 129 cm³/mol. The third kappa shape index (κ3) is 6.55. The maximum absolute atomic E-state index is 12.8. The number of rotatable bonds is 9. The predicted octanol–water partition coefficient (Wildman–Crippen LogP) is 2.50. The van der Waals surface area contributed by atoms with Crippen molar-refractivity contribution in [3.8, 4) is 0 Å². The lowest BCUT2D eigenvalue weighted by Gasteiger charge is -2.27. The van der Waals surface area contributed by atoms with Crippen LogP contribution in [0.15, 0.2) is 42.5 Å². The van der Waals surface area contributed by atoms with Gasteiger partial charge in [0.05, 0.1) is 29.4 Å². The van der Waals surface area contributed by atoms with Crippen molar-refractivity contribution in [2.45, 2.75) is 25.9 Å². The molecule has 4 rings (SSSR count). The SMILES string of the molecule is O=C(COC(=O)c1cc([N+](=O)[O-])ccc1N1CCCC1)NCc1ccccc1CN1CCOCC1. The van der Waals surface area contributed by atoms with Crippen LogP contribution in [0.3, 0.4) is 0 Å². The first-order chi connectivity index (χ1) is 17.0. The first kappa shape index (κ1) is 24.6. The number of nitrogens with zero attached hydrogens (tertiary/aromatic N) is 3. The first-order valence-electron chi connectivity index (χ1n) is 11.9. The Morgan fingerprint density at radius 2 is 1.74 bits per heavy atom. The van der Waals surface area contributed by atoms with E-state index >= 15 is 0 Å². The molecule has 0 atom stereocenters. The number of esters is 1. The van der Waals surface area contributed by atoms with Crippen LogP contribution in [-0.2, 0) is 27.4 Å². The molecule has 2 fully saturated rings. The number of nitro benzene ring substituents is 1. The summed E-state index contributed by atoms with van der Waals surface area (Å²) in [5.74, 6) is -1.19. The summed E-state index contributed by atoms with van der Waals surface area (Å²) in [6.45, 7) is 5.32. The molecule has 10 nitrogen and oxygen atoms in total. The molecule has 1 N–H and O–H groups in total. The Labute approximate surface area is 203 Å². The highest BCUT2D eigenvalue weighted by Gasteiger charge is 2.24. The third-order valence-corrected chi connectivity index (χ3v) is 6.28. The van der Waals surface area contributed by atoms with Crippen LogP contribution in [-0.4, -0.2) is 67.7 Å². The van der Waals surface area contributed by atoms with E-state index in [9.17, 15) is 19.7 Å². The van der Waals surface area contributed by atoms with Crippen LogP contribution in [0, 0.1) is 10.1 Å². The molecule has 0 aromatic heterocycles. The molecule has 0 spiro atoms. The highest BCUT2D eigenvalue weighted by atomic mass is 16.6. The molecule has 0 radical (unpaired) electrons. The van der Waals surface area contributed by atoms with Crippen molar-refractivity contribution < 1.29 is 24.0 Å². The monoisotopic (exact) mass is 482 g/mol. The number of nitrogens with one attached hydrogen (secondary N) is 1. The standard InChI is InChI=1S/C25H30N4O6/c30-24(26-16-19-5-1-2-6-20(19)17-27-11-13-34-14-12-27)18-35-25(31)22-15-21(29(32)33)7-8-23(22)28-9-3-4-10-28/h1-2,5-8,15H,3-4,9-14,16-18H2,(H,26,30). The number of benzene rings is 2. The van der Waals surface area contributed by atoms with Gasteiger partial charge in [0, 0.05) is 51.4 Å². The van der Waals surface area contributed by atoms with Gasteiger partial charge < -0.3 is 19.7 Å². The lowest BCUT2D eigenvalue weighted by Crippen LogP contribution is -2.36. The van der Waals surface area contributed by atoms with E-state index in [0.29, 0.717) is 25.4 Å². The summed E-state index contributed by atoms with van der Waals surface area (Å²) in [6.07, 6.45) is 1.97. The summed E-state index contributed by atoms with van der Waals surface area (Å²) in [5.41, 5.74) is 2.62. The van der Waals surface area contributed by atoms with E-state index in [0.717, 1.165) is 56.7 Å². The molecule has 2 aromatic carbocycles. The van der Waals surface area contributed by atoms with Crippen LogP contribution >= 0.6 is 0 Å². The Hall–Kier alpha value is -3.50. The van der Waals surface area contributed by atoms with Gasteiger partial charge in [0.25, 0.3) is 11.6 Å². The van der Waals surface area contributed by atoms with E-state index in [1.165, 1.54) is 12.1 Å². The normalized spacial score (nSPS) is 16.2. The van der Waals surface area contributed by atoms with Gasteiger partial charge in [-0.15, -0.1) is 0 Å². The van der Waals surface area contributed by atoms with Crippen LogP contribution in [0.5, 0.6) is 0 Å². The van der Waals surface area contributed by atoms with Gasteiger partial charge in [0.2, 0.25) is 0 Å². The summed E-state index contributed by atoms with van der Waals surface area (Å²) >= 11 is 0. The molecule has 0 bridgehead atoms. The largest absolute Gasteiger partial charge is 0.452 e. The van der Waals surface area contributed by atoms with E-state index in [4.69, 9.17) is 9.47 Å². The van der Waals surface area contributed by atoms with Crippen LogP contribution < -0.4 is 10.2 Å². The molecule has 2 heterocycles. The maximum Gasteiger partial charge on any atom is 0.341 e. The Morgan fingerprint density at radius 3 is 2.46 bits per heavy atom. The summed E-state index contributed by atoms with van der Waals surface area (Å²) in [5, 5.41) is 14.0. The van der Waals surface area contributed by atoms with Gasteiger partial charge in [-0.05, 0) is 30.0 Å². The highest BCUT2D eigenvalue weighted by Crippen LogP contribution is 2.29. The number of hydrogen-bond acceptors (Lipinski definition) is 8. The van der Waals surface area contributed by atoms with Crippen LogP contribution in [0.4, 0.5) is 11.4 Å². The number of carbonyl (C=O) groups is 2. The zero-order chi connectivity index (χ0) is 24.6. The number of hydrogen-bond donors (Lipinski definition) is 1.